The van der Waals surface area contributed by atoms with Gasteiger partial charge in [0.2, 0.25) is 0 Å². The third kappa shape index (κ3) is 3.56. The second-order valence-electron chi connectivity index (χ2n) is 5.21. The first-order valence-electron chi connectivity index (χ1n) is 7.14. The van der Waals surface area contributed by atoms with Crippen molar-refractivity contribution in [2.75, 3.05) is 23.3 Å². The molecule has 1 N–H and O–H groups in total. The highest BCUT2D eigenvalue weighted by atomic mass is 127. The number of carbonyl (C=O) groups excluding carboxylic acids is 1. The van der Waals surface area contributed by atoms with Gasteiger partial charge in [0.25, 0.3) is 5.91 Å². The van der Waals surface area contributed by atoms with Gasteiger partial charge in [0, 0.05) is 33.6 Å². The maximum Gasteiger partial charge on any atom is 0.255 e. The lowest BCUT2D eigenvalue weighted by molar-refractivity contribution is 0.102. The Morgan fingerprint density at radius 2 is 1.76 bits per heavy atom. The van der Waals surface area contributed by atoms with Gasteiger partial charge in [-0.05, 0) is 77.9 Å². The first-order valence-corrected chi connectivity index (χ1v) is 8.22. The van der Waals surface area contributed by atoms with Crippen LogP contribution < -0.4 is 10.2 Å². The Morgan fingerprint density at radius 3 is 2.43 bits per heavy atom. The molecule has 3 rings (SSSR count). The topological polar surface area (TPSA) is 32.3 Å². The van der Waals surface area contributed by atoms with Gasteiger partial charge >= 0.3 is 0 Å². The van der Waals surface area contributed by atoms with Crippen LogP contribution in [0.5, 0.6) is 0 Å². The van der Waals surface area contributed by atoms with Crippen molar-refractivity contribution in [3.63, 3.8) is 0 Å². The summed E-state index contributed by atoms with van der Waals surface area (Å²) in [5.74, 6) is -0.0648. The smallest absolute Gasteiger partial charge is 0.255 e. The van der Waals surface area contributed by atoms with E-state index in [2.05, 4.69) is 32.8 Å². The van der Waals surface area contributed by atoms with E-state index in [0.29, 0.717) is 5.56 Å². The van der Waals surface area contributed by atoms with E-state index >= 15 is 0 Å². The standard InChI is InChI=1S/C17H17IN2O/c18-14-4-3-5-15(12-14)19-17(21)13-6-8-16(9-7-13)20-10-1-2-11-20/h3-9,12H,1-2,10-11H2,(H,19,21). The highest BCUT2D eigenvalue weighted by Crippen LogP contribution is 2.21. The van der Waals surface area contributed by atoms with E-state index in [1.54, 1.807) is 0 Å². The van der Waals surface area contributed by atoms with Gasteiger partial charge in [-0.15, -0.1) is 0 Å². The van der Waals surface area contributed by atoms with Crippen molar-refractivity contribution >= 4 is 39.9 Å². The molecule has 0 saturated carbocycles. The number of hydrogen-bond acceptors (Lipinski definition) is 2. The van der Waals surface area contributed by atoms with E-state index in [4.69, 9.17) is 0 Å². The third-order valence-corrected chi connectivity index (χ3v) is 4.35. The van der Waals surface area contributed by atoms with E-state index in [-0.39, 0.29) is 5.91 Å². The second-order valence-corrected chi connectivity index (χ2v) is 6.45. The molecule has 4 heteroatoms. The van der Waals surface area contributed by atoms with Crippen LogP contribution in [-0.2, 0) is 0 Å². The third-order valence-electron chi connectivity index (χ3n) is 3.68. The number of amides is 1. The summed E-state index contributed by atoms with van der Waals surface area (Å²) in [4.78, 5) is 14.6. The van der Waals surface area contributed by atoms with E-state index in [1.807, 2.05) is 48.5 Å². The van der Waals surface area contributed by atoms with Gasteiger partial charge in [-0.1, -0.05) is 6.07 Å². The first kappa shape index (κ1) is 14.4. The molecule has 0 spiro atoms. The van der Waals surface area contributed by atoms with Crippen LogP contribution >= 0.6 is 22.6 Å². The van der Waals surface area contributed by atoms with Gasteiger partial charge in [-0.25, -0.2) is 0 Å². The summed E-state index contributed by atoms with van der Waals surface area (Å²) in [6, 6.07) is 15.7. The Morgan fingerprint density at radius 1 is 1.05 bits per heavy atom. The molecule has 2 aromatic carbocycles. The number of nitrogens with zero attached hydrogens (tertiary/aromatic N) is 1. The average molecular weight is 392 g/mol. The molecule has 1 amide bonds. The molecule has 108 valence electrons. The molecule has 1 aliphatic heterocycles. The lowest BCUT2D eigenvalue weighted by Crippen LogP contribution is -2.18. The molecular weight excluding hydrogens is 375 g/mol. The van der Waals surface area contributed by atoms with Crippen LogP contribution in [-0.4, -0.2) is 19.0 Å². The maximum atomic E-state index is 12.2. The van der Waals surface area contributed by atoms with Crippen LogP contribution in [0.4, 0.5) is 11.4 Å². The minimum absolute atomic E-state index is 0.0648. The molecular formula is C17H17IN2O. The van der Waals surface area contributed by atoms with Crippen LogP contribution in [0, 0.1) is 3.57 Å². The molecule has 1 saturated heterocycles. The highest BCUT2D eigenvalue weighted by Gasteiger charge is 2.13. The van der Waals surface area contributed by atoms with Crippen molar-refractivity contribution in [3.05, 3.63) is 57.7 Å². The highest BCUT2D eigenvalue weighted by molar-refractivity contribution is 14.1. The molecule has 0 aromatic heterocycles. The number of benzene rings is 2. The first-order chi connectivity index (χ1) is 10.2. The summed E-state index contributed by atoms with van der Waals surface area (Å²) in [6.45, 7) is 2.24. The summed E-state index contributed by atoms with van der Waals surface area (Å²) in [5.41, 5.74) is 2.73. The summed E-state index contributed by atoms with van der Waals surface area (Å²) >= 11 is 2.24. The van der Waals surface area contributed by atoms with Crippen molar-refractivity contribution in [3.8, 4) is 0 Å². The van der Waals surface area contributed by atoms with Gasteiger partial charge in [-0.3, -0.25) is 4.79 Å². The molecule has 0 atom stereocenters. The van der Waals surface area contributed by atoms with Crippen LogP contribution in [0.15, 0.2) is 48.5 Å². The zero-order valence-corrected chi connectivity index (χ0v) is 13.8. The van der Waals surface area contributed by atoms with Crippen molar-refractivity contribution in [1.82, 2.24) is 0 Å². The number of nitrogens with one attached hydrogen (secondary N) is 1. The molecule has 3 nitrogen and oxygen atoms in total. The zero-order chi connectivity index (χ0) is 14.7. The summed E-state index contributed by atoms with van der Waals surface area (Å²) in [5, 5.41) is 2.93. The van der Waals surface area contributed by atoms with Gasteiger partial charge in [0.15, 0.2) is 0 Å². The van der Waals surface area contributed by atoms with E-state index in [9.17, 15) is 4.79 Å². The SMILES string of the molecule is O=C(Nc1cccc(I)c1)c1ccc(N2CCCC2)cc1. The van der Waals surface area contributed by atoms with Crippen molar-refractivity contribution in [1.29, 1.82) is 0 Å². The second kappa shape index (κ2) is 6.47. The molecule has 2 aromatic rings. The van der Waals surface area contributed by atoms with Crippen LogP contribution in [0.3, 0.4) is 0 Å². The monoisotopic (exact) mass is 392 g/mol. The fraction of sp³-hybridized carbons (Fsp3) is 0.235. The minimum atomic E-state index is -0.0648. The predicted octanol–water partition coefficient (Wildman–Crippen LogP) is 4.14. The minimum Gasteiger partial charge on any atom is -0.372 e. The Kier molecular flexibility index (Phi) is 4.43. The van der Waals surface area contributed by atoms with E-state index in [1.165, 1.54) is 18.5 Å². The van der Waals surface area contributed by atoms with Crippen molar-refractivity contribution < 1.29 is 4.79 Å². The van der Waals surface area contributed by atoms with Gasteiger partial charge in [0.1, 0.15) is 0 Å². The van der Waals surface area contributed by atoms with Gasteiger partial charge < -0.3 is 10.2 Å². The molecule has 0 bridgehead atoms. The Bertz CT molecular complexity index is 633. The number of halogens is 1. The van der Waals surface area contributed by atoms with Gasteiger partial charge in [0.05, 0.1) is 0 Å². The zero-order valence-electron chi connectivity index (χ0n) is 11.7. The number of anilines is 2. The molecule has 1 aliphatic rings. The summed E-state index contributed by atoms with van der Waals surface area (Å²) in [7, 11) is 0. The number of hydrogen-bond donors (Lipinski definition) is 1. The predicted molar refractivity (Wildman–Crippen MR) is 95.0 cm³/mol. The Labute approximate surface area is 138 Å². The number of carbonyl (C=O) groups is 1. The van der Waals surface area contributed by atoms with Crippen LogP contribution in [0.1, 0.15) is 23.2 Å². The van der Waals surface area contributed by atoms with E-state index < -0.39 is 0 Å². The quantitative estimate of drug-likeness (QED) is 0.797. The Hall–Kier alpha value is -1.56. The molecule has 0 aliphatic carbocycles. The molecule has 1 fully saturated rings. The van der Waals surface area contributed by atoms with E-state index in [0.717, 1.165) is 22.3 Å². The lowest BCUT2D eigenvalue weighted by Gasteiger charge is -2.17. The molecule has 0 radical (unpaired) electrons. The normalized spacial score (nSPS) is 14.2. The number of rotatable bonds is 3. The van der Waals surface area contributed by atoms with Gasteiger partial charge in [-0.2, -0.15) is 0 Å². The molecule has 1 heterocycles. The lowest BCUT2D eigenvalue weighted by atomic mass is 10.2. The largest absolute Gasteiger partial charge is 0.372 e. The molecule has 0 unspecified atom stereocenters. The average Bonchev–Trinajstić information content (AvgIpc) is 3.01. The summed E-state index contributed by atoms with van der Waals surface area (Å²) < 4.78 is 1.11. The molecule has 21 heavy (non-hydrogen) atoms. The Balaban J connectivity index is 1.70. The van der Waals surface area contributed by atoms with Crippen molar-refractivity contribution in [2.45, 2.75) is 12.8 Å². The van der Waals surface area contributed by atoms with Crippen molar-refractivity contribution in [2.24, 2.45) is 0 Å². The maximum absolute atomic E-state index is 12.2. The van der Waals surface area contributed by atoms with Crippen LogP contribution in [0.2, 0.25) is 0 Å². The van der Waals surface area contributed by atoms with Crippen LogP contribution in [0.25, 0.3) is 0 Å². The fourth-order valence-electron chi connectivity index (χ4n) is 2.57. The summed E-state index contributed by atoms with van der Waals surface area (Å²) in [6.07, 6.45) is 2.52. The fourth-order valence-corrected chi connectivity index (χ4v) is 3.11.